The van der Waals surface area contributed by atoms with Crippen molar-refractivity contribution in [1.82, 2.24) is 23.6 Å². The van der Waals surface area contributed by atoms with Gasteiger partial charge in [0.1, 0.15) is 11.5 Å². The van der Waals surface area contributed by atoms with Crippen LogP contribution in [0.25, 0.3) is 11.2 Å². The lowest BCUT2D eigenvalue weighted by Crippen LogP contribution is -2.38. The van der Waals surface area contributed by atoms with Crippen molar-refractivity contribution in [2.75, 3.05) is 20.8 Å². The van der Waals surface area contributed by atoms with Crippen LogP contribution in [0.5, 0.6) is 11.5 Å². The first-order valence-electron chi connectivity index (χ1n) is 9.53. The SMILES string of the molecule is COc1ccc(OC)c([C@@H]2CCCN2Cn2cnc3c(=O)n(C)c(=O)n(C)c32)c1. The van der Waals surface area contributed by atoms with Crippen LogP contribution in [0.3, 0.4) is 0 Å². The lowest BCUT2D eigenvalue weighted by Gasteiger charge is -2.27. The predicted molar refractivity (Wildman–Crippen MR) is 108 cm³/mol. The Morgan fingerprint density at radius 1 is 1.14 bits per heavy atom. The number of aryl methyl sites for hydroxylation is 1. The molecule has 0 bridgehead atoms. The number of ether oxygens (including phenoxy) is 2. The van der Waals surface area contributed by atoms with Gasteiger partial charge in [0.15, 0.2) is 11.2 Å². The molecule has 3 heterocycles. The van der Waals surface area contributed by atoms with Gasteiger partial charge in [-0.3, -0.25) is 18.8 Å². The van der Waals surface area contributed by atoms with E-state index in [9.17, 15) is 9.59 Å². The molecular weight excluding hydrogens is 374 g/mol. The predicted octanol–water partition coefficient (Wildman–Crippen LogP) is 1.25. The van der Waals surface area contributed by atoms with Gasteiger partial charge >= 0.3 is 5.69 Å². The summed E-state index contributed by atoms with van der Waals surface area (Å²) in [5, 5.41) is 0. The van der Waals surface area contributed by atoms with Gasteiger partial charge in [0.25, 0.3) is 5.56 Å². The summed E-state index contributed by atoms with van der Waals surface area (Å²) in [6, 6.07) is 5.96. The number of hydrogen-bond donors (Lipinski definition) is 0. The minimum Gasteiger partial charge on any atom is -0.497 e. The molecule has 29 heavy (non-hydrogen) atoms. The van der Waals surface area contributed by atoms with Crippen molar-refractivity contribution in [2.45, 2.75) is 25.6 Å². The van der Waals surface area contributed by atoms with Gasteiger partial charge in [0.2, 0.25) is 0 Å². The van der Waals surface area contributed by atoms with Crippen LogP contribution in [-0.2, 0) is 20.8 Å². The summed E-state index contributed by atoms with van der Waals surface area (Å²) in [6.07, 6.45) is 3.65. The van der Waals surface area contributed by atoms with Crippen LogP contribution in [-0.4, -0.2) is 44.3 Å². The Balaban J connectivity index is 1.74. The minimum absolute atomic E-state index is 0.140. The van der Waals surface area contributed by atoms with Crippen LogP contribution in [0.1, 0.15) is 24.4 Å². The van der Waals surface area contributed by atoms with E-state index in [1.807, 2.05) is 22.8 Å². The molecule has 1 aliphatic heterocycles. The fourth-order valence-corrected chi connectivity index (χ4v) is 4.19. The maximum atomic E-state index is 12.4. The first-order valence-corrected chi connectivity index (χ1v) is 9.53. The highest BCUT2D eigenvalue weighted by molar-refractivity contribution is 5.69. The Labute approximate surface area is 167 Å². The molecule has 1 atom stereocenters. The Kier molecular flexibility index (Phi) is 4.91. The highest BCUT2D eigenvalue weighted by Crippen LogP contribution is 2.39. The van der Waals surface area contributed by atoms with Crippen molar-refractivity contribution in [3.8, 4) is 11.5 Å². The van der Waals surface area contributed by atoms with E-state index in [0.29, 0.717) is 17.8 Å². The third kappa shape index (κ3) is 3.11. The van der Waals surface area contributed by atoms with E-state index in [-0.39, 0.29) is 17.3 Å². The van der Waals surface area contributed by atoms with Gasteiger partial charge in [-0.1, -0.05) is 0 Å². The zero-order chi connectivity index (χ0) is 20.7. The molecule has 0 N–H and O–H groups in total. The summed E-state index contributed by atoms with van der Waals surface area (Å²) in [5.74, 6) is 1.60. The van der Waals surface area contributed by atoms with Crippen molar-refractivity contribution in [3.05, 3.63) is 50.9 Å². The van der Waals surface area contributed by atoms with Gasteiger partial charge in [-0.25, -0.2) is 9.78 Å². The minimum atomic E-state index is -0.380. The maximum absolute atomic E-state index is 12.4. The van der Waals surface area contributed by atoms with Crippen molar-refractivity contribution < 1.29 is 9.47 Å². The van der Waals surface area contributed by atoms with Crippen molar-refractivity contribution >= 4 is 11.2 Å². The molecule has 4 rings (SSSR count). The molecule has 0 spiro atoms. The molecule has 154 valence electrons. The zero-order valence-corrected chi connectivity index (χ0v) is 17.1. The number of methoxy groups -OCH3 is 2. The molecule has 9 nitrogen and oxygen atoms in total. The fourth-order valence-electron chi connectivity index (χ4n) is 4.19. The van der Waals surface area contributed by atoms with E-state index in [1.165, 1.54) is 11.6 Å². The average Bonchev–Trinajstić information content (AvgIpc) is 3.37. The van der Waals surface area contributed by atoms with E-state index in [0.717, 1.165) is 41.0 Å². The number of rotatable bonds is 5. The standard InChI is InChI=1S/C20H25N5O4/c1-22-18-17(19(26)23(2)20(22)27)21-11-25(18)12-24-9-5-6-15(24)14-10-13(28-3)7-8-16(14)29-4/h7-8,10-11,15H,5-6,9,12H2,1-4H3/t15-/m0/s1. The van der Waals surface area contributed by atoms with E-state index >= 15 is 0 Å². The van der Waals surface area contributed by atoms with Crippen LogP contribution in [0.15, 0.2) is 34.1 Å². The number of imidazole rings is 1. The number of likely N-dealkylation sites (tertiary alicyclic amines) is 1. The van der Waals surface area contributed by atoms with E-state index in [4.69, 9.17) is 9.47 Å². The summed E-state index contributed by atoms with van der Waals surface area (Å²) in [7, 11) is 6.44. The highest BCUT2D eigenvalue weighted by Gasteiger charge is 2.29. The summed E-state index contributed by atoms with van der Waals surface area (Å²) in [4.78, 5) is 31.4. The van der Waals surface area contributed by atoms with Crippen molar-refractivity contribution in [2.24, 2.45) is 14.1 Å². The zero-order valence-electron chi connectivity index (χ0n) is 17.1. The maximum Gasteiger partial charge on any atom is 0.332 e. The van der Waals surface area contributed by atoms with E-state index in [2.05, 4.69) is 9.88 Å². The highest BCUT2D eigenvalue weighted by atomic mass is 16.5. The number of aromatic nitrogens is 4. The van der Waals surface area contributed by atoms with Gasteiger partial charge in [-0.2, -0.15) is 0 Å². The number of benzene rings is 1. The molecule has 1 aliphatic rings. The molecule has 2 aromatic heterocycles. The van der Waals surface area contributed by atoms with Crippen LogP contribution in [0.2, 0.25) is 0 Å². The van der Waals surface area contributed by atoms with Gasteiger partial charge in [-0.15, -0.1) is 0 Å². The molecule has 0 amide bonds. The average molecular weight is 399 g/mol. The number of hydrogen-bond acceptors (Lipinski definition) is 6. The molecule has 3 aromatic rings. The molecule has 0 aliphatic carbocycles. The van der Waals surface area contributed by atoms with Crippen LogP contribution < -0.4 is 20.7 Å². The van der Waals surface area contributed by atoms with E-state index < -0.39 is 0 Å². The van der Waals surface area contributed by atoms with Crippen molar-refractivity contribution in [1.29, 1.82) is 0 Å². The monoisotopic (exact) mass is 399 g/mol. The summed E-state index contributed by atoms with van der Waals surface area (Å²) in [5.41, 5.74) is 1.15. The van der Waals surface area contributed by atoms with Crippen molar-refractivity contribution in [3.63, 3.8) is 0 Å². The normalized spacial score (nSPS) is 17.2. The third-order valence-corrected chi connectivity index (χ3v) is 5.70. The Bertz CT molecular complexity index is 1180. The molecule has 1 fully saturated rings. The van der Waals surface area contributed by atoms with Gasteiger partial charge < -0.3 is 14.0 Å². The second-order valence-electron chi connectivity index (χ2n) is 7.31. The Hall–Kier alpha value is -3.07. The topological polar surface area (TPSA) is 83.5 Å². The molecule has 0 unspecified atom stereocenters. The van der Waals surface area contributed by atoms with Crippen LogP contribution in [0.4, 0.5) is 0 Å². The van der Waals surface area contributed by atoms with Crippen LogP contribution in [0, 0.1) is 0 Å². The van der Waals surface area contributed by atoms with Gasteiger partial charge in [-0.05, 0) is 31.0 Å². The summed E-state index contributed by atoms with van der Waals surface area (Å²) in [6.45, 7) is 1.41. The van der Waals surface area contributed by atoms with Gasteiger partial charge in [0, 0.05) is 32.2 Å². The number of fused-ring (bicyclic) bond motifs is 1. The first-order chi connectivity index (χ1) is 14.0. The van der Waals surface area contributed by atoms with Gasteiger partial charge in [0.05, 0.1) is 27.2 Å². The molecule has 1 saturated heterocycles. The lowest BCUT2D eigenvalue weighted by atomic mass is 10.0. The lowest BCUT2D eigenvalue weighted by molar-refractivity contribution is 0.200. The smallest absolute Gasteiger partial charge is 0.332 e. The second kappa shape index (κ2) is 7.40. The Morgan fingerprint density at radius 3 is 2.66 bits per heavy atom. The molecule has 1 aromatic carbocycles. The molecule has 0 saturated carbocycles. The fraction of sp³-hybridized carbons (Fsp3) is 0.450. The quantitative estimate of drug-likeness (QED) is 0.642. The molecule has 9 heteroatoms. The second-order valence-corrected chi connectivity index (χ2v) is 7.31. The molecule has 0 radical (unpaired) electrons. The Morgan fingerprint density at radius 2 is 1.93 bits per heavy atom. The van der Waals surface area contributed by atoms with Crippen LogP contribution >= 0.6 is 0 Å². The van der Waals surface area contributed by atoms with E-state index in [1.54, 1.807) is 27.6 Å². The largest absolute Gasteiger partial charge is 0.497 e. The first kappa shape index (κ1) is 19.3. The molecular formula is C20H25N5O4. The summed E-state index contributed by atoms with van der Waals surface area (Å²) >= 11 is 0. The number of nitrogens with zero attached hydrogens (tertiary/aromatic N) is 5. The summed E-state index contributed by atoms with van der Waals surface area (Å²) < 4.78 is 15.4. The third-order valence-electron chi connectivity index (χ3n) is 5.70.